The van der Waals surface area contributed by atoms with Gasteiger partial charge in [0.2, 0.25) is 0 Å². The van der Waals surface area contributed by atoms with Crippen LogP contribution >= 0.6 is 38.5 Å². The fraction of sp³-hybridized carbons (Fsp3) is 0.231. The van der Waals surface area contributed by atoms with Crippen LogP contribution in [0.3, 0.4) is 0 Å². The molecular formula is C13H12BrIN2O2. The van der Waals surface area contributed by atoms with Crippen LogP contribution in [0.2, 0.25) is 0 Å². The first kappa shape index (κ1) is 14.5. The molecule has 1 heterocycles. The largest absolute Gasteiger partial charge is 0.361 e. The number of aryl methyl sites for hydroxylation is 1. The molecule has 6 heteroatoms. The van der Waals surface area contributed by atoms with E-state index in [0.29, 0.717) is 12.1 Å². The predicted molar refractivity (Wildman–Crippen MR) is 83.9 cm³/mol. The normalized spacial score (nSPS) is 10.5. The Kier molecular flexibility index (Phi) is 4.62. The molecule has 2 aromatic rings. The zero-order valence-electron chi connectivity index (χ0n) is 10.5. The number of hydrogen-bond acceptors (Lipinski definition) is 3. The summed E-state index contributed by atoms with van der Waals surface area (Å²) in [7, 11) is 1.75. The lowest BCUT2D eigenvalue weighted by Gasteiger charge is -2.16. The maximum absolute atomic E-state index is 12.4. The van der Waals surface area contributed by atoms with Crippen molar-refractivity contribution in [1.82, 2.24) is 10.1 Å². The van der Waals surface area contributed by atoms with Gasteiger partial charge >= 0.3 is 0 Å². The molecule has 100 valence electrons. The second-order valence-corrected chi connectivity index (χ2v) is 6.29. The van der Waals surface area contributed by atoms with Crippen LogP contribution in [-0.4, -0.2) is 23.0 Å². The van der Waals surface area contributed by atoms with E-state index in [4.69, 9.17) is 4.52 Å². The quantitative estimate of drug-likeness (QED) is 0.693. The second kappa shape index (κ2) is 6.04. The number of rotatable bonds is 3. The van der Waals surface area contributed by atoms with Gasteiger partial charge in [-0.15, -0.1) is 0 Å². The Bertz CT molecular complexity index is 612. The third-order valence-electron chi connectivity index (χ3n) is 2.58. The smallest absolute Gasteiger partial charge is 0.255 e. The van der Waals surface area contributed by atoms with Crippen LogP contribution < -0.4 is 0 Å². The third-order valence-corrected chi connectivity index (χ3v) is 4.02. The summed E-state index contributed by atoms with van der Waals surface area (Å²) in [6, 6.07) is 7.48. The van der Waals surface area contributed by atoms with E-state index >= 15 is 0 Å². The van der Waals surface area contributed by atoms with Crippen molar-refractivity contribution >= 4 is 44.4 Å². The van der Waals surface area contributed by atoms with Gasteiger partial charge in [0.25, 0.3) is 5.91 Å². The predicted octanol–water partition coefficient (Wildman–Crippen LogP) is 3.62. The summed E-state index contributed by atoms with van der Waals surface area (Å²) in [5, 5.41) is 3.89. The van der Waals surface area contributed by atoms with Gasteiger partial charge in [0.05, 0.1) is 12.1 Å². The summed E-state index contributed by atoms with van der Waals surface area (Å²) in [5.74, 6) is 0.708. The van der Waals surface area contributed by atoms with E-state index < -0.39 is 0 Å². The van der Waals surface area contributed by atoms with Crippen molar-refractivity contribution in [3.63, 3.8) is 0 Å². The highest BCUT2D eigenvalue weighted by atomic mass is 127. The maximum atomic E-state index is 12.4. The number of hydrogen-bond donors (Lipinski definition) is 0. The van der Waals surface area contributed by atoms with E-state index in [-0.39, 0.29) is 5.91 Å². The molecule has 0 saturated carbocycles. The summed E-state index contributed by atoms with van der Waals surface area (Å²) in [6.07, 6.45) is 0. The fourth-order valence-electron chi connectivity index (χ4n) is 1.67. The topological polar surface area (TPSA) is 46.3 Å². The number of halogens is 2. The highest BCUT2D eigenvalue weighted by molar-refractivity contribution is 14.1. The highest BCUT2D eigenvalue weighted by Crippen LogP contribution is 2.20. The van der Waals surface area contributed by atoms with Crippen LogP contribution in [0.1, 0.15) is 21.8 Å². The van der Waals surface area contributed by atoms with Crippen LogP contribution in [0.15, 0.2) is 33.3 Å². The van der Waals surface area contributed by atoms with Crippen LogP contribution in [0.4, 0.5) is 0 Å². The van der Waals surface area contributed by atoms with E-state index in [1.54, 1.807) is 11.9 Å². The molecule has 0 aliphatic rings. The molecule has 19 heavy (non-hydrogen) atoms. The van der Waals surface area contributed by atoms with E-state index in [0.717, 1.165) is 19.5 Å². The zero-order chi connectivity index (χ0) is 14.0. The van der Waals surface area contributed by atoms with Crippen molar-refractivity contribution in [2.45, 2.75) is 13.5 Å². The lowest BCUT2D eigenvalue weighted by Crippen LogP contribution is -2.27. The number of nitrogens with zero attached hydrogens (tertiary/aromatic N) is 2. The van der Waals surface area contributed by atoms with Gasteiger partial charge in [-0.25, -0.2) is 0 Å². The van der Waals surface area contributed by atoms with Crippen molar-refractivity contribution in [2.75, 3.05) is 7.05 Å². The zero-order valence-corrected chi connectivity index (χ0v) is 14.2. The Balaban J connectivity index is 2.16. The van der Waals surface area contributed by atoms with E-state index in [9.17, 15) is 4.79 Å². The van der Waals surface area contributed by atoms with Gasteiger partial charge < -0.3 is 9.42 Å². The van der Waals surface area contributed by atoms with Gasteiger partial charge in [-0.05, 0) is 47.7 Å². The molecule has 0 fully saturated rings. The second-order valence-electron chi connectivity index (χ2n) is 4.21. The van der Waals surface area contributed by atoms with Crippen LogP contribution in [-0.2, 0) is 6.54 Å². The summed E-state index contributed by atoms with van der Waals surface area (Å²) in [5.41, 5.74) is 1.43. The minimum Gasteiger partial charge on any atom is -0.361 e. The number of benzene rings is 1. The Morgan fingerprint density at radius 2 is 2.21 bits per heavy atom. The van der Waals surface area contributed by atoms with Crippen molar-refractivity contribution < 1.29 is 9.32 Å². The first-order valence-electron chi connectivity index (χ1n) is 5.60. The summed E-state index contributed by atoms with van der Waals surface area (Å²) < 4.78 is 6.81. The van der Waals surface area contributed by atoms with Gasteiger partial charge in [-0.3, -0.25) is 4.79 Å². The Morgan fingerprint density at radius 3 is 2.84 bits per heavy atom. The minimum absolute atomic E-state index is 0.0358. The van der Waals surface area contributed by atoms with Crippen LogP contribution in [0.5, 0.6) is 0 Å². The van der Waals surface area contributed by atoms with E-state index in [1.165, 1.54) is 0 Å². The first-order valence-corrected chi connectivity index (χ1v) is 7.47. The van der Waals surface area contributed by atoms with Crippen LogP contribution in [0, 0.1) is 10.5 Å². The van der Waals surface area contributed by atoms with Gasteiger partial charge in [-0.2, -0.15) is 0 Å². The maximum Gasteiger partial charge on any atom is 0.255 e. The standard InChI is InChI=1S/C13H12BrIN2O2/c1-8-5-10(16-19-8)7-17(2)13(18)11-6-9(14)3-4-12(11)15/h3-6H,7H2,1-2H3. The molecule has 0 N–H and O–H groups in total. The van der Waals surface area contributed by atoms with Crippen LogP contribution in [0.25, 0.3) is 0 Å². The summed E-state index contributed by atoms with van der Waals surface area (Å²) >= 11 is 5.54. The molecular weight excluding hydrogens is 423 g/mol. The molecule has 0 unspecified atom stereocenters. The summed E-state index contributed by atoms with van der Waals surface area (Å²) in [6.45, 7) is 2.26. The molecule has 0 saturated heterocycles. The number of carbonyl (C=O) groups is 1. The number of amides is 1. The Hall–Kier alpha value is -0.890. The van der Waals surface area contributed by atoms with Crippen molar-refractivity contribution in [3.8, 4) is 0 Å². The van der Waals surface area contributed by atoms with Crippen molar-refractivity contribution in [2.24, 2.45) is 0 Å². The van der Waals surface area contributed by atoms with E-state index in [2.05, 4.69) is 43.7 Å². The van der Waals surface area contributed by atoms with Crippen molar-refractivity contribution in [1.29, 1.82) is 0 Å². The lowest BCUT2D eigenvalue weighted by molar-refractivity contribution is 0.0781. The molecule has 0 radical (unpaired) electrons. The number of aromatic nitrogens is 1. The number of carbonyl (C=O) groups excluding carboxylic acids is 1. The molecule has 1 aromatic heterocycles. The SMILES string of the molecule is Cc1cc(CN(C)C(=O)c2cc(Br)ccc2I)no1. The highest BCUT2D eigenvalue weighted by Gasteiger charge is 2.16. The molecule has 0 aliphatic carbocycles. The Labute approximate surface area is 133 Å². The molecule has 0 atom stereocenters. The fourth-order valence-corrected chi connectivity index (χ4v) is 2.60. The molecule has 4 nitrogen and oxygen atoms in total. The summed E-state index contributed by atoms with van der Waals surface area (Å²) in [4.78, 5) is 14.0. The molecule has 0 aliphatic heterocycles. The van der Waals surface area contributed by atoms with Gasteiger partial charge in [0, 0.05) is 21.2 Å². The van der Waals surface area contributed by atoms with Gasteiger partial charge in [0.1, 0.15) is 11.5 Å². The van der Waals surface area contributed by atoms with E-state index in [1.807, 2.05) is 31.2 Å². The van der Waals surface area contributed by atoms with Gasteiger partial charge in [-0.1, -0.05) is 21.1 Å². The average molecular weight is 435 g/mol. The molecule has 2 rings (SSSR count). The minimum atomic E-state index is -0.0358. The first-order chi connectivity index (χ1) is 8.97. The molecule has 0 spiro atoms. The monoisotopic (exact) mass is 434 g/mol. The Morgan fingerprint density at radius 1 is 1.47 bits per heavy atom. The lowest BCUT2D eigenvalue weighted by atomic mass is 10.2. The molecule has 1 amide bonds. The third kappa shape index (κ3) is 3.56. The molecule has 0 bridgehead atoms. The van der Waals surface area contributed by atoms with Gasteiger partial charge in [0.15, 0.2) is 0 Å². The molecule has 1 aromatic carbocycles. The average Bonchev–Trinajstić information content (AvgIpc) is 2.77. The van der Waals surface area contributed by atoms with Crippen molar-refractivity contribution in [3.05, 3.63) is 49.3 Å².